The molecular formula is C25H27ClN5O7P. The van der Waals surface area contributed by atoms with Crippen molar-refractivity contribution in [1.29, 1.82) is 0 Å². The molecule has 2 aromatic carbocycles. The van der Waals surface area contributed by atoms with E-state index >= 15 is 0 Å². The van der Waals surface area contributed by atoms with E-state index < -0.39 is 31.9 Å². The number of aromatic nitrogens is 4. The first kappa shape index (κ1) is 28.5. The van der Waals surface area contributed by atoms with Crippen molar-refractivity contribution >= 4 is 42.1 Å². The molecule has 3 N–H and O–H groups in total. The van der Waals surface area contributed by atoms with Crippen molar-refractivity contribution in [3.8, 4) is 5.75 Å². The summed E-state index contributed by atoms with van der Waals surface area (Å²) >= 11 is 6.04. The van der Waals surface area contributed by atoms with Gasteiger partial charge in [-0.1, -0.05) is 35.9 Å². The van der Waals surface area contributed by atoms with E-state index in [1.54, 1.807) is 47.0 Å². The number of hydrogen-bond acceptors (Lipinski definition) is 10. The average molecular weight is 576 g/mol. The predicted octanol–water partition coefficient (Wildman–Crippen LogP) is 3.96. The molecule has 0 aliphatic carbocycles. The Bertz CT molecular complexity index is 1590. The molecule has 12 nitrogen and oxygen atoms in total. The number of nitrogens with zero attached hydrogens (tertiary/aromatic N) is 3. The molecule has 1 atom stereocenters. The lowest BCUT2D eigenvalue weighted by molar-refractivity contribution is 0.0855. The molecular weight excluding hydrogens is 549 g/mol. The van der Waals surface area contributed by atoms with Crippen LogP contribution >= 0.6 is 19.2 Å². The van der Waals surface area contributed by atoms with Gasteiger partial charge in [-0.15, -0.1) is 0 Å². The molecule has 206 valence electrons. The fourth-order valence-corrected chi connectivity index (χ4v) is 5.07. The van der Waals surface area contributed by atoms with Gasteiger partial charge in [0.25, 0.3) is 5.56 Å². The molecule has 0 saturated heterocycles. The van der Waals surface area contributed by atoms with Crippen molar-refractivity contribution < 1.29 is 27.9 Å². The van der Waals surface area contributed by atoms with Crippen molar-refractivity contribution in [2.45, 2.75) is 20.1 Å². The average Bonchev–Trinajstić information content (AvgIpc) is 3.32. The van der Waals surface area contributed by atoms with Gasteiger partial charge in [-0.25, -0.2) is 4.98 Å². The van der Waals surface area contributed by atoms with Gasteiger partial charge < -0.3 is 24.3 Å². The number of ketones is 1. The molecule has 39 heavy (non-hydrogen) atoms. The number of hydrogen-bond donors (Lipinski definition) is 2. The molecule has 1 unspecified atom stereocenters. The van der Waals surface area contributed by atoms with Crippen LogP contribution in [0.5, 0.6) is 5.75 Å². The minimum atomic E-state index is -3.91. The van der Waals surface area contributed by atoms with Gasteiger partial charge in [0.2, 0.25) is 5.95 Å². The van der Waals surface area contributed by atoms with Gasteiger partial charge in [0.05, 0.1) is 26.7 Å². The number of benzene rings is 2. The molecule has 2 aromatic heterocycles. The first-order valence-corrected chi connectivity index (χ1v) is 13.9. The molecule has 4 rings (SSSR count). The summed E-state index contributed by atoms with van der Waals surface area (Å²) < 4.78 is 37.2. The van der Waals surface area contributed by atoms with Crippen LogP contribution in [0.3, 0.4) is 0 Å². The van der Waals surface area contributed by atoms with Crippen molar-refractivity contribution in [3.63, 3.8) is 0 Å². The standard InChI is InChI=1S/C25H27ClN5O7P/c1-16-6-7-18(11-21(16)35-2)20(32)13-38-39(34,37-12-17-4-3-5-19(26)10-17)15-36-9-8-31-14-28-22-23(31)29-25(27)30-24(22)33/h3-7,10-11,14H,8-9,12-13,15H2,1-2H3,(H3,27,29,30,33). The molecule has 0 bridgehead atoms. The highest BCUT2D eigenvalue weighted by Gasteiger charge is 2.27. The number of fused-ring (bicyclic) bond motifs is 1. The number of nitrogens with two attached hydrogens (primary N) is 1. The second kappa shape index (κ2) is 12.5. The lowest BCUT2D eigenvalue weighted by Gasteiger charge is -2.19. The van der Waals surface area contributed by atoms with Crippen LogP contribution in [0.4, 0.5) is 5.95 Å². The van der Waals surface area contributed by atoms with E-state index in [0.717, 1.165) is 5.56 Å². The topological polar surface area (TPSA) is 161 Å². The summed E-state index contributed by atoms with van der Waals surface area (Å²) in [7, 11) is -2.39. The zero-order valence-corrected chi connectivity index (χ0v) is 22.9. The molecule has 0 radical (unpaired) electrons. The number of nitrogen functional groups attached to an aromatic ring is 1. The first-order valence-electron chi connectivity index (χ1n) is 11.8. The highest BCUT2D eigenvalue weighted by atomic mass is 35.5. The zero-order valence-electron chi connectivity index (χ0n) is 21.3. The summed E-state index contributed by atoms with van der Waals surface area (Å²) in [5, 5.41) is 0.493. The number of carbonyl (C=O) groups excluding carboxylic acids is 1. The Morgan fingerprint density at radius 2 is 2.03 bits per heavy atom. The van der Waals surface area contributed by atoms with Gasteiger partial charge >= 0.3 is 7.60 Å². The summed E-state index contributed by atoms with van der Waals surface area (Å²) in [4.78, 5) is 35.3. The number of anilines is 1. The van der Waals surface area contributed by atoms with Crippen LogP contribution in [0.25, 0.3) is 11.2 Å². The highest BCUT2D eigenvalue weighted by molar-refractivity contribution is 7.53. The molecule has 0 aliphatic rings. The Labute approximate surface area is 228 Å². The van der Waals surface area contributed by atoms with E-state index in [4.69, 9.17) is 35.9 Å². The maximum atomic E-state index is 13.6. The first-order chi connectivity index (χ1) is 18.7. The van der Waals surface area contributed by atoms with Gasteiger partial charge in [-0.05, 0) is 36.2 Å². The van der Waals surface area contributed by atoms with E-state index in [1.165, 1.54) is 13.4 Å². The Hall–Kier alpha value is -3.54. The second-order valence-electron chi connectivity index (χ2n) is 8.49. The minimum absolute atomic E-state index is 0.0432. The Morgan fingerprint density at radius 1 is 1.21 bits per heavy atom. The third-order valence-electron chi connectivity index (χ3n) is 5.66. The monoisotopic (exact) mass is 575 g/mol. The number of Topliss-reactive ketones (excluding diaryl/α,β-unsaturated/α-hetero) is 1. The van der Waals surface area contributed by atoms with Gasteiger partial charge in [-0.3, -0.25) is 23.7 Å². The summed E-state index contributed by atoms with van der Waals surface area (Å²) in [5.74, 6) is 0.104. The van der Waals surface area contributed by atoms with Gasteiger partial charge in [0.1, 0.15) is 18.7 Å². The van der Waals surface area contributed by atoms with Crippen LogP contribution in [0, 0.1) is 6.92 Å². The number of H-pyrrole nitrogens is 1. The van der Waals surface area contributed by atoms with Gasteiger partial charge in [-0.2, -0.15) is 4.98 Å². The summed E-state index contributed by atoms with van der Waals surface area (Å²) in [6.07, 6.45) is 0.997. The number of carbonyl (C=O) groups is 1. The van der Waals surface area contributed by atoms with Gasteiger partial charge in [0, 0.05) is 17.1 Å². The summed E-state index contributed by atoms with van der Waals surface area (Å²) in [6.45, 7) is 1.56. The molecule has 2 heterocycles. The van der Waals surface area contributed by atoms with Crippen molar-refractivity contribution in [2.24, 2.45) is 0 Å². The van der Waals surface area contributed by atoms with Crippen LogP contribution in [-0.2, 0) is 31.5 Å². The largest absolute Gasteiger partial charge is 0.496 e. The molecule has 4 aromatic rings. The normalized spacial score (nSPS) is 12.9. The van der Waals surface area contributed by atoms with Crippen molar-refractivity contribution in [1.82, 2.24) is 19.5 Å². The second-order valence-corrected chi connectivity index (χ2v) is 10.9. The summed E-state index contributed by atoms with van der Waals surface area (Å²) in [5.41, 5.74) is 7.47. The van der Waals surface area contributed by atoms with E-state index in [0.29, 0.717) is 21.9 Å². The van der Waals surface area contributed by atoms with Gasteiger partial charge in [0.15, 0.2) is 16.9 Å². The quantitative estimate of drug-likeness (QED) is 0.136. The number of methoxy groups -OCH3 is 1. The number of imidazole rings is 1. The molecule has 0 spiro atoms. The number of nitrogens with one attached hydrogen (secondary N) is 1. The molecule has 0 fully saturated rings. The van der Waals surface area contributed by atoms with Crippen LogP contribution in [0.2, 0.25) is 5.02 Å². The molecule has 0 aliphatic heterocycles. The van der Waals surface area contributed by atoms with Crippen LogP contribution in [-0.4, -0.2) is 52.0 Å². The number of aryl methyl sites for hydroxylation is 1. The smallest absolute Gasteiger partial charge is 0.356 e. The Kier molecular flexibility index (Phi) is 9.16. The molecule has 0 amide bonds. The zero-order chi connectivity index (χ0) is 28.0. The lowest BCUT2D eigenvalue weighted by atomic mass is 10.1. The fraction of sp³-hybridized carbons (Fsp3) is 0.280. The van der Waals surface area contributed by atoms with Crippen molar-refractivity contribution in [3.05, 3.63) is 80.9 Å². The minimum Gasteiger partial charge on any atom is -0.496 e. The maximum absolute atomic E-state index is 13.6. The SMILES string of the molecule is COc1cc(C(=O)COP(=O)(COCCn2cnc3c(=O)[nH]c(N)nc32)OCc2cccc(Cl)c2)ccc1C. The predicted molar refractivity (Wildman–Crippen MR) is 145 cm³/mol. The summed E-state index contributed by atoms with van der Waals surface area (Å²) in [6, 6.07) is 11.8. The fourth-order valence-electron chi connectivity index (χ4n) is 3.62. The van der Waals surface area contributed by atoms with Crippen LogP contribution in [0.1, 0.15) is 21.5 Å². The number of rotatable bonds is 13. The third kappa shape index (κ3) is 7.31. The van der Waals surface area contributed by atoms with E-state index in [-0.39, 0.29) is 36.9 Å². The van der Waals surface area contributed by atoms with E-state index in [1.807, 2.05) is 6.92 Å². The van der Waals surface area contributed by atoms with Crippen molar-refractivity contribution in [2.75, 3.05) is 32.4 Å². The van der Waals surface area contributed by atoms with Crippen LogP contribution in [0.15, 0.2) is 53.6 Å². The van der Waals surface area contributed by atoms with E-state index in [9.17, 15) is 14.2 Å². The van der Waals surface area contributed by atoms with E-state index in [2.05, 4.69) is 15.0 Å². The lowest BCUT2D eigenvalue weighted by Crippen LogP contribution is -2.14. The molecule has 14 heteroatoms. The number of ether oxygens (including phenoxy) is 2. The number of halogens is 1. The Balaban J connectivity index is 1.42. The number of aromatic amines is 1. The highest BCUT2D eigenvalue weighted by Crippen LogP contribution is 2.49. The Morgan fingerprint density at radius 3 is 2.79 bits per heavy atom. The van der Waals surface area contributed by atoms with Crippen LogP contribution < -0.4 is 16.0 Å². The molecule has 0 saturated carbocycles. The third-order valence-corrected chi connectivity index (χ3v) is 7.44. The maximum Gasteiger partial charge on any atom is 0.356 e.